The highest BCUT2D eigenvalue weighted by molar-refractivity contribution is 7.98. The number of thioether (sulfide) groups is 1. The van der Waals surface area contributed by atoms with Crippen LogP contribution in [0.3, 0.4) is 0 Å². The van der Waals surface area contributed by atoms with E-state index in [9.17, 15) is 38.7 Å². The second kappa shape index (κ2) is 15.4. The van der Waals surface area contributed by atoms with Crippen LogP contribution in [0.1, 0.15) is 32.1 Å². The molecule has 0 aliphatic rings. The van der Waals surface area contributed by atoms with E-state index >= 15 is 0 Å². The van der Waals surface area contributed by atoms with E-state index in [1.165, 1.54) is 11.8 Å². The molecule has 0 spiro atoms. The van der Waals surface area contributed by atoms with Gasteiger partial charge in [0.1, 0.15) is 18.1 Å². The zero-order chi connectivity index (χ0) is 26.4. The minimum Gasteiger partial charge on any atom is -0.481 e. The molecule has 4 atom stereocenters. The molecule has 0 saturated carbocycles. The molecule has 0 aromatic carbocycles. The lowest BCUT2D eigenvalue weighted by molar-refractivity contribution is -0.143. The summed E-state index contributed by atoms with van der Waals surface area (Å²) in [6, 6.07) is -5.85. The van der Waals surface area contributed by atoms with Gasteiger partial charge < -0.3 is 43.4 Å². The molecule has 5 amide bonds. The van der Waals surface area contributed by atoms with Gasteiger partial charge in [-0.2, -0.15) is 11.8 Å². The fraction of sp³-hybridized carbons (Fsp3) is 0.611. The number of rotatable bonds is 17. The fourth-order valence-electron chi connectivity index (χ4n) is 2.57. The molecule has 4 unspecified atom stereocenters. The van der Waals surface area contributed by atoms with Gasteiger partial charge in [0.2, 0.25) is 29.5 Å². The monoisotopic (exact) mass is 506 g/mol. The predicted molar refractivity (Wildman–Crippen MR) is 119 cm³/mol. The highest BCUT2D eigenvalue weighted by Crippen LogP contribution is 2.05. The summed E-state index contributed by atoms with van der Waals surface area (Å²) < 4.78 is 0. The topological polar surface area (TPSA) is 274 Å². The minimum absolute atomic E-state index is 0.0694. The number of carboxylic acid groups (broad SMARTS) is 2. The van der Waals surface area contributed by atoms with Gasteiger partial charge in [0.05, 0.1) is 18.9 Å². The summed E-state index contributed by atoms with van der Waals surface area (Å²) in [5, 5.41) is 24.8. The molecule has 34 heavy (non-hydrogen) atoms. The number of nitrogens with one attached hydrogen (secondary N) is 3. The van der Waals surface area contributed by atoms with E-state index in [-0.39, 0.29) is 6.42 Å². The highest BCUT2D eigenvalue weighted by atomic mass is 32.2. The van der Waals surface area contributed by atoms with E-state index in [0.29, 0.717) is 5.75 Å². The third-order valence-corrected chi connectivity index (χ3v) is 4.95. The lowest BCUT2D eigenvalue weighted by atomic mass is 10.1. The number of hydrogen-bond acceptors (Lipinski definition) is 9. The van der Waals surface area contributed by atoms with Crippen LogP contribution in [0.25, 0.3) is 0 Å². The molecule has 0 bridgehead atoms. The Morgan fingerprint density at radius 1 is 0.765 bits per heavy atom. The summed E-state index contributed by atoms with van der Waals surface area (Å²) in [4.78, 5) is 82.1. The van der Waals surface area contributed by atoms with Gasteiger partial charge in [0.15, 0.2) is 0 Å². The summed E-state index contributed by atoms with van der Waals surface area (Å²) >= 11 is 1.34. The van der Waals surface area contributed by atoms with Crippen molar-refractivity contribution in [3.63, 3.8) is 0 Å². The number of carbonyl (C=O) groups is 7. The average Bonchev–Trinajstić information content (AvgIpc) is 2.71. The summed E-state index contributed by atoms with van der Waals surface area (Å²) in [6.07, 6.45) is -0.427. The van der Waals surface area contributed by atoms with Gasteiger partial charge in [-0.05, 0) is 24.9 Å². The number of nitrogens with two attached hydrogens (primary N) is 3. The van der Waals surface area contributed by atoms with Crippen molar-refractivity contribution in [2.45, 2.75) is 56.3 Å². The van der Waals surface area contributed by atoms with Gasteiger partial charge >= 0.3 is 11.9 Å². The van der Waals surface area contributed by atoms with Gasteiger partial charge in [-0.25, -0.2) is 4.79 Å². The molecule has 0 aromatic rings. The molecule has 11 N–H and O–H groups in total. The zero-order valence-electron chi connectivity index (χ0n) is 18.4. The molecular weight excluding hydrogens is 476 g/mol. The largest absolute Gasteiger partial charge is 0.481 e. The Labute approximate surface area is 198 Å². The van der Waals surface area contributed by atoms with Crippen LogP contribution in [0.4, 0.5) is 0 Å². The maximum Gasteiger partial charge on any atom is 0.326 e. The van der Waals surface area contributed by atoms with E-state index in [2.05, 4.69) is 16.0 Å². The van der Waals surface area contributed by atoms with Crippen molar-refractivity contribution in [2.75, 3.05) is 12.0 Å². The van der Waals surface area contributed by atoms with Crippen molar-refractivity contribution in [3.8, 4) is 0 Å². The first-order chi connectivity index (χ1) is 15.8. The molecule has 16 heteroatoms. The highest BCUT2D eigenvalue weighted by Gasteiger charge is 2.31. The van der Waals surface area contributed by atoms with Gasteiger partial charge in [-0.1, -0.05) is 0 Å². The van der Waals surface area contributed by atoms with Gasteiger partial charge in [0, 0.05) is 6.42 Å². The predicted octanol–water partition coefficient (Wildman–Crippen LogP) is -3.78. The first kappa shape index (κ1) is 30.6. The van der Waals surface area contributed by atoms with Crippen molar-refractivity contribution in [1.82, 2.24) is 16.0 Å². The molecule has 0 fully saturated rings. The molecule has 0 saturated heterocycles. The third-order valence-electron chi connectivity index (χ3n) is 4.30. The van der Waals surface area contributed by atoms with E-state index in [1.807, 2.05) is 0 Å². The van der Waals surface area contributed by atoms with Crippen LogP contribution in [0, 0.1) is 0 Å². The average molecular weight is 507 g/mol. The van der Waals surface area contributed by atoms with Gasteiger partial charge in [-0.15, -0.1) is 0 Å². The van der Waals surface area contributed by atoms with Crippen LogP contribution in [-0.2, 0) is 33.6 Å². The van der Waals surface area contributed by atoms with Crippen LogP contribution >= 0.6 is 11.8 Å². The first-order valence-electron chi connectivity index (χ1n) is 9.95. The molecule has 0 rings (SSSR count). The molecule has 0 radical (unpaired) electrons. The lowest BCUT2D eigenvalue weighted by Gasteiger charge is -2.24. The minimum atomic E-state index is -1.61. The molecular formula is C18H30N6O9S. The van der Waals surface area contributed by atoms with Gasteiger partial charge in [0.25, 0.3) is 0 Å². The van der Waals surface area contributed by atoms with E-state index in [0.717, 1.165) is 0 Å². The summed E-state index contributed by atoms with van der Waals surface area (Å²) in [6.45, 7) is 0. The Morgan fingerprint density at radius 2 is 1.26 bits per heavy atom. The first-order valence-corrected chi connectivity index (χ1v) is 11.3. The van der Waals surface area contributed by atoms with Crippen molar-refractivity contribution in [1.29, 1.82) is 0 Å². The Hall–Kier alpha value is -3.40. The number of primary amides is 2. The van der Waals surface area contributed by atoms with Crippen molar-refractivity contribution in [2.24, 2.45) is 17.2 Å². The van der Waals surface area contributed by atoms with E-state index in [1.54, 1.807) is 6.26 Å². The number of amides is 5. The Bertz CT molecular complexity index is 794. The normalized spacial score (nSPS) is 14.1. The smallest absolute Gasteiger partial charge is 0.326 e. The quantitative estimate of drug-likeness (QED) is 0.0947. The summed E-state index contributed by atoms with van der Waals surface area (Å²) in [5.74, 6) is -7.16. The summed E-state index contributed by atoms with van der Waals surface area (Å²) in [5.41, 5.74) is 15.6. The Kier molecular flexibility index (Phi) is 13.9. The SMILES string of the molecule is CSCCC(NC(=O)C(CCC(=O)O)NC(=O)C(CC(N)=O)NC(=O)C(N)CC(N)=O)C(=O)O. The van der Waals surface area contributed by atoms with Crippen LogP contribution in [-0.4, -0.2) is 87.9 Å². The van der Waals surface area contributed by atoms with Crippen LogP contribution in [0.2, 0.25) is 0 Å². The molecule has 0 aromatic heterocycles. The van der Waals surface area contributed by atoms with Crippen LogP contribution in [0.5, 0.6) is 0 Å². The Morgan fingerprint density at radius 3 is 1.74 bits per heavy atom. The van der Waals surface area contributed by atoms with Crippen molar-refractivity contribution in [3.05, 3.63) is 0 Å². The number of carbonyl (C=O) groups excluding carboxylic acids is 5. The molecule has 0 aliphatic heterocycles. The van der Waals surface area contributed by atoms with Crippen LogP contribution < -0.4 is 33.2 Å². The maximum atomic E-state index is 12.7. The lowest BCUT2D eigenvalue weighted by Crippen LogP contribution is -2.58. The Balaban J connectivity index is 5.57. The maximum absolute atomic E-state index is 12.7. The number of aliphatic carboxylic acids is 2. The summed E-state index contributed by atoms with van der Waals surface area (Å²) in [7, 11) is 0. The fourth-order valence-corrected chi connectivity index (χ4v) is 3.04. The van der Waals surface area contributed by atoms with E-state index < -0.39 is 91.3 Å². The third kappa shape index (κ3) is 12.6. The zero-order valence-corrected chi connectivity index (χ0v) is 19.3. The molecule has 15 nitrogen and oxygen atoms in total. The second-order valence-corrected chi connectivity index (χ2v) is 8.17. The second-order valence-electron chi connectivity index (χ2n) is 7.18. The van der Waals surface area contributed by atoms with E-state index in [4.69, 9.17) is 22.3 Å². The number of carboxylic acids is 2. The molecule has 0 aliphatic carbocycles. The van der Waals surface area contributed by atoms with Gasteiger partial charge in [-0.3, -0.25) is 28.8 Å². The van der Waals surface area contributed by atoms with Crippen molar-refractivity contribution < 1.29 is 43.8 Å². The molecule has 0 heterocycles. The number of hydrogen-bond donors (Lipinski definition) is 8. The van der Waals surface area contributed by atoms with Crippen molar-refractivity contribution >= 4 is 53.2 Å². The molecule has 192 valence electrons. The van der Waals surface area contributed by atoms with Crippen LogP contribution in [0.15, 0.2) is 0 Å². The standard InChI is InChI=1S/C18H30N6O9S/c1-34-5-4-10(18(32)33)23-16(30)9(2-3-14(27)28)22-17(31)11(7-13(21)26)24-15(29)8(19)6-12(20)25/h8-11H,2-7,19H2,1H3,(H2,20,25)(H2,21,26)(H,22,31)(H,23,30)(H,24,29)(H,27,28)(H,32,33).